The Morgan fingerprint density at radius 1 is 1.50 bits per heavy atom. The Kier molecular flexibility index (Phi) is 4.68. The first-order valence-corrected chi connectivity index (χ1v) is 6.26. The summed E-state index contributed by atoms with van der Waals surface area (Å²) in [7, 11) is 0. The first-order valence-electron chi connectivity index (χ1n) is 6.26. The molecule has 96 valence electrons. The average Bonchev–Trinajstić information content (AvgIpc) is 2.42. The molecule has 18 heavy (non-hydrogen) atoms. The topological polar surface area (TPSA) is 45.0 Å². The Labute approximate surface area is 107 Å². The fourth-order valence-corrected chi connectivity index (χ4v) is 2.14. The van der Waals surface area contributed by atoms with Crippen LogP contribution in [0.4, 0.5) is 4.39 Å². The standard InChI is InChI=1S/C14H17FN2O/c15-14-6-11(7-16)3-4-13(14)10-18-9-12-2-1-5-17-8-12/h3-4,6,12,17H,1-2,5,8-10H2. The number of ether oxygens (including phenoxy) is 1. The van der Waals surface area contributed by atoms with E-state index in [1.54, 1.807) is 12.1 Å². The Balaban J connectivity index is 1.81. The molecule has 0 bridgehead atoms. The Bertz CT molecular complexity index is 436. The van der Waals surface area contributed by atoms with E-state index < -0.39 is 0 Å². The van der Waals surface area contributed by atoms with Crippen molar-refractivity contribution in [2.45, 2.75) is 19.4 Å². The summed E-state index contributed by atoms with van der Waals surface area (Å²) in [6, 6.07) is 6.40. The molecule has 1 heterocycles. The lowest BCUT2D eigenvalue weighted by Gasteiger charge is -2.22. The molecule has 1 aliphatic rings. The summed E-state index contributed by atoms with van der Waals surface area (Å²) in [5, 5.41) is 12.0. The monoisotopic (exact) mass is 248 g/mol. The molecule has 0 saturated carbocycles. The number of hydrogen-bond acceptors (Lipinski definition) is 3. The van der Waals surface area contributed by atoms with Crippen LogP contribution in [-0.2, 0) is 11.3 Å². The van der Waals surface area contributed by atoms with E-state index in [0.717, 1.165) is 13.1 Å². The molecule has 0 spiro atoms. The highest BCUT2D eigenvalue weighted by molar-refractivity contribution is 5.32. The average molecular weight is 248 g/mol. The van der Waals surface area contributed by atoms with Gasteiger partial charge in [0, 0.05) is 12.1 Å². The van der Waals surface area contributed by atoms with Crippen LogP contribution in [0.15, 0.2) is 18.2 Å². The van der Waals surface area contributed by atoms with Crippen LogP contribution >= 0.6 is 0 Å². The zero-order valence-electron chi connectivity index (χ0n) is 10.3. The second-order valence-electron chi connectivity index (χ2n) is 4.65. The van der Waals surface area contributed by atoms with Crippen LogP contribution < -0.4 is 5.32 Å². The van der Waals surface area contributed by atoms with Crippen molar-refractivity contribution in [2.75, 3.05) is 19.7 Å². The molecule has 2 rings (SSSR count). The van der Waals surface area contributed by atoms with E-state index in [4.69, 9.17) is 10.00 Å². The van der Waals surface area contributed by atoms with Crippen molar-refractivity contribution in [3.63, 3.8) is 0 Å². The van der Waals surface area contributed by atoms with Gasteiger partial charge in [-0.15, -0.1) is 0 Å². The Morgan fingerprint density at radius 3 is 3.06 bits per heavy atom. The molecule has 1 N–H and O–H groups in total. The summed E-state index contributed by atoms with van der Waals surface area (Å²) in [6.07, 6.45) is 2.35. The number of nitriles is 1. The van der Waals surface area contributed by atoms with Crippen LogP contribution in [0.5, 0.6) is 0 Å². The van der Waals surface area contributed by atoms with Gasteiger partial charge >= 0.3 is 0 Å². The number of piperidine rings is 1. The maximum atomic E-state index is 13.6. The summed E-state index contributed by atoms with van der Waals surface area (Å²) >= 11 is 0. The summed E-state index contributed by atoms with van der Waals surface area (Å²) in [5.74, 6) is 0.163. The predicted molar refractivity (Wildman–Crippen MR) is 66.4 cm³/mol. The van der Waals surface area contributed by atoms with Crippen LogP contribution in [0.3, 0.4) is 0 Å². The van der Waals surface area contributed by atoms with E-state index in [-0.39, 0.29) is 12.4 Å². The molecule has 0 amide bonds. The number of halogens is 1. The summed E-state index contributed by atoms with van der Waals surface area (Å²) in [6.45, 7) is 3.00. The highest BCUT2D eigenvalue weighted by Gasteiger charge is 2.13. The zero-order valence-corrected chi connectivity index (χ0v) is 10.3. The van der Waals surface area contributed by atoms with Crippen molar-refractivity contribution in [3.8, 4) is 6.07 Å². The van der Waals surface area contributed by atoms with Crippen LogP contribution in [0.25, 0.3) is 0 Å². The molecule has 3 nitrogen and oxygen atoms in total. The van der Waals surface area contributed by atoms with Gasteiger partial charge in [0.05, 0.1) is 24.8 Å². The lowest BCUT2D eigenvalue weighted by atomic mass is 10.0. The van der Waals surface area contributed by atoms with Gasteiger partial charge in [0.2, 0.25) is 0 Å². The Morgan fingerprint density at radius 2 is 2.39 bits per heavy atom. The number of hydrogen-bond donors (Lipinski definition) is 1. The highest BCUT2D eigenvalue weighted by atomic mass is 19.1. The molecule has 1 saturated heterocycles. The van der Waals surface area contributed by atoms with Gasteiger partial charge in [-0.05, 0) is 37.4 Å². The molecule has 1 unspecified atom stereocenters. The third kappa shape index (κ3) is 3.52. The molecule has 1 fully saturated rings. The molecule has 1 atom stereocenters. The minimum atomic E-state index is -0.365. The number of nitrogens with zero attached hydrogens (tertiary/aromatic N) is 1. The summed E-state index contributed by atoms with van der Waals surface area (Å²) in [4.78, 5) is 0. The summed E-state index contributed by atoms with van der Waals surface area (Å²) < 4.78 is 19.1. The van der Waals surface area contributed by atoms with Crippen LogP contribution in [0.1, 0.15) is 24.0 Å². The van der Waals surface area contributed by atoms with Gasteiger partial charge in [-0.2, -0.15) is 5.26 Å². The predicted octanol–water partition coefficient (Wildman–Crippen LogP) is 2.21. The first-order chi connectivity index (χ1) is 8.79. The SMILES string of the molecule is N#Cc1ccc(COCC2CCCNC2)c(F)c1. The largest absolute Gasteiger partial charge is 0.376 e. The normalized spacial score (nSPS) is 19.4. The van der Waals surface area contributed by atoms with E-state index in [2.05, 4.69) is 5.32 Å². The third-order valence-electron chi connectivity index (χ3n) is 3.19. The van der Waals surface area contributed by atoms with Crippen LogP contribution in [0.2, 0.25) is 0 Å². The van der Waals surface area contributed by atoms with Crippen molar-refractivity contribution in [2.24, 2.45) is 5.92 Å². The number of benzene rings is 1. The first kappa shape index (κ1) is 13.0. The maximum absolute atomic E-state index is 13.6. The molecule has 0 aliphatic carbocycles. The quantitative estimate of drug-likeness (QED) is 0.888. The fourth-order valence-electron chi connectivity index (χ4n) is 2.14. The van der Waals surface area contributed by atoms with Crippen LogP contribution in [-0.4, -0.2) is 19.7 Å². The van der Waals surface area contributed by atoms with E-state index in [1.165, 1.54) is 18.9 Å². The van der Waals surface area contributed by atoms with Crippen LogP contribution in [0, 0.1) is 23.1 Å². The molecule has 4 heteroatoms. The van der Waals surface area contributed by atoms with Gasteiger partial charge < -0.3 is 10.1 Å². The number of nitrogens with one attached hydrogen (secondary N) is 1. The highest BCUT2D eigenvalue weighted by Crippen LogP contribution is 2.14. The second-order valence-corrected chi connectivity index (χ2v) is 4.65. The minimum Gasteiger partial charge on any atom is -0.376 e. The fraction of sp³-hybridized carbons (Fsp3) is 0.500. The third-order valence-corrected chi connectivity index (χ3v) is 3.19. The van der Waals surface area contributed by atoms with Crippen molar-refractivity contribution in [1.29, 1.82) is 5.26 Å². The molecule has 1 aromatic rings. The van der Waals surface area contributed by atoms with E-state index in [0.29, 0.717) is 23.7 Å². The summed E-state index contributed by atoms with van der Waals surface area (Å²) in [5.41, 5.74) is 0.852. The van der Waals surface area contributed by atoms with Crippen molar-refractivity contribution in [3.05, 3.63) is 35.1 Å². The maximum Gasteiger partial charge on any atom is 0.130 e. The second kappa shape index (κ2) is 6.48. The minimum absolute atomic E-state index is 0.272. The molecule has 1 aromatic carbocycles. The lowest BCUT2D eigenvalue weighted by molar-refractivity contribution is 0.0766. The van der Waals surface area contributed by atoms with Gasteiger partial charge in [-0.3, -0.25) is 0 Å². The van der Waals surface area contributed by atoms with Gasteiger partial charge in [-0.25, -0.2) is 4.39 Å². The van der Waals surface area contributed by atoms with Crippen molar-refractivity contribution < 1.29 is 9.13 Å². The van der Waals surface area contributed by atoms with Crippen molar-refractivity contribution >= 4 is 0 Å². The molecular weight excluding hydrogens is 231 g/mol. The van der Waals surface area contributed by atoms with E-state index in [9.17, 15) is 4.39 Å². The molecule has 0 radical (unpaired) electrons. The van der Waals surface area contributed by atoms with Gasteiger partial charge in [0.1, 0.15) is 5.82 Å². The molecule has 0 aromatic heterocycles. The van der Waals surface area contributed by atoms with E-state index >= 15 is 0 Å². The van der Waals surface area contributed by atoms with Gasteiger partial charge in [0.15, 0.2) is 0 Å². The lowest BCUT2D eigenvalue weighted by Crippen LogP contribution is -2.32. The smallest absolute Gasteiger partial charge is 0.130 e. The van der Waals surface area contributed by atoms with Gasteiger partial charge in [0.25, 0.3) is 0 Å². The Hall–Kier alpha value is -1.44. The zero-order chi connectivity index (χ0) is 12.8. The molecular formula is C14H17FN2O. The number of rotatable bonds is 4. The van der Waals surface area contributed by atoms with E-state index in [1.807, 2.05) is 6.07 Å². The molecule has 1 aliphatic heterocycles. The van der Waals surface area contributed by atoms with Gasteiger partial charge in [-0.1, -0.05) is 6.07 Å². The van der Waals surface area contributed by atoms with Crippen molar-refractivity contribution in [1.82, 2.24) is 5.32 Å².